The maximum Gasteiger partial charge on any atom is 0.170 e. The van der Waals surface area contributed by atoms with E-state index < -0.39 is 0 Å². The summed E-state index contributed by atoms with van der Waals surface area (Å²) in [6.45, 7) is 2.21. The minimum absolute atomic E-state index is 0.106. The molecule has 0 aliphatic rings. The molecule has 0 amide bonds. The number of carbonyl (C=O) groups is 1. The van der Waals surface area contributed by atoms with Gasteiger partial charge in [0.2, 0.25) is 0 Å². The van der Waals surface area contributed by atoms with Crippen molar-refractivity contribution in [1.29, 1.82) is 0 Å². The predicted octanol–water partition coefficient (Wildman–Crippen LogP) is 4.64. The van der Waals surface area contributed by atoms with Crippen LogP contribution in [0.25, 0.3) is 0 Å². The van der Waals surface area contributed by atoms with Gasteiger partial charge in [-0.25, -0.2) is 0 Å². The van der Waals surface area contributed by atoms with E-state index in [9.17, 15) is 4.79 Å². The van der Waals surface area contributed by atoms with Gasteiger partial charge in [0.1, 0.15) is 17.1 Å². The SMILES string of the molecule is CCCCCCCCC(=O)c1c(OC)cccc1OC. The Morgan fingerprint density at radius 3 is 2.05 bits per heavy atom. The third-order valence-corrected chi connectivity index (χ3v) is 3.46. The number of hydrogen-bond acceptors (Lipinski definition) is 3. The van der Waals surface area contributed by atoms with E-state index in [-0.39, 0.29) is 5.78 Å². The van der Waals surface area contributed by atoms with Crippen LogP contribution < -0.4 is 9.47 Å². The number of benzene rings is 1. The number of carbonyl (C=O) groups excluding carboxylic acids is 1. The van der Waals surface area contributed by atoms with Crippen LogP contribution in [-0.2, 0) is 0 Å². The molecular formula is C17H26O3. The number of unbranched alkanes of at least 4 members (excludes halogenated alkanes) is 5. The Balaban J connectivity index is 2.54. The van der Waals surface area contributed by atoms with Crippen LogP contribution in [0.5, 0.6) is 11.5 Å². The molecule has 0 saturated heterocycles. The Morgan fingerprint density at radius 1 is 0.950 bits per heavy atom. The van der Waals surface area contributed by atoms with Gasteiger partial charge in [-0.2, -0.15) is 0 Å². The number of hydrogen-bond donors (Lipinski definition) is 0. The van der Waals surface area contributed by atoms with Crippen molar-refractivity contribution in [1.82, 2.24) is 0 Å². The van der Waals surface area contributed by atoms with E-state index in [4.69, 9.17) is 9.47 Å². The van der Waals surface area contributed by atoms with E-state index >= 15 is 0 Å². The normalized spacial score (nSPS) is 10.3. The molecule has 3 nitrogen and oxygen atoms in total. The van der Waals surface area contributed by atoms with E-state index in [0.717, 1.165) is 12.8 Å². The molecule has 0 aliphatic heterocycles. The molecule has 0 aromatic heterocycles. The number of Topliss-reactive ketones (excluding diaryl/α,β-unsaturated/α-hetero) is 1. The fourth-order valence-corrected chi connectivity index (χ4v) is 2.32. The molecule has 0 bridgehead atoms. The number of ketones is 1. The van der Waals surface area contributed by atoms with Crippen LogP contribution in [0.3, 0.4) is 0 Å². The number of ether oxygens (including phenoxy) is 2. The van der Waals surface area contributed by atoms with Gasteiger partial charge in [0.25, 0.3) is 0 Å². The minimum atomic E-state index is 0.106. The summed E-state index contributed by atoms with van der Waals surface area (Å²) >= 11 is 0. The van der Waals surface area contributed by atoms with Crippen LogP contribution in [0.4, 0.5) is 0 Å². The minimum Gasteiger partial charge on any atom is -0.496 e. The lowest BCUT2D eigenvalue weighted by Crippen LogP contribution is -2.05. The lowest BCUT2D eigenvalue weighted by atomic mass is 10.0. The highest BCUT2D eigenvalue weighted by atomic mass is 16.5. The summed E-state index contributed by atoms with van der Waals surface area (Å²) < 4.78 is 10.5. The molecule has 0 radical (unpaired) electrons. The predicted molar refractivity (Wildman–Crippen MR) is 81.9 cm³/mol. The highest BCUT2D eigenvalue weighted by molar-refractivity contribution is 6.01. The largest absolute Gasteiger partial charge is 0.496 e. The molecule has 0 fully saturated rings. The molecule has 0 spiro atoms. The zero-order chi connectivity index (χ0) is 14.8. The van der Waals surface area contributed by atoms with Gasteiger partial charge >= 0.3 is 0 Å². The van der Waals surface area contributed by atoms with Gasteiger partial charge < -0.3 is 9.47 Å². The maximum absolute atomic E-state index is 12.3. The molecule has 0 atom stereocenters. The summed E-state index contributed by atoms with van der Waals surface area (Å²) in [5.74, 6) is 1.30. The first kappa shape index (κ1) is 16.5. The fraction of sp³-hybridized carbons (Fsp3) is 0.588. The summed E-state index contributed by atoms with van der Waals surface area (Å²) in [6.07, 6.45) is 7.62. The highest BCUT2D eigenvalue weighted by Crippen LogP contribution is 2.30. The van der Waals surface area contributed by atoms with Crippen LogP contribution in [0.15, 0.2) is 18.2 Å². The van der Waals surface area contributed by atoms with Crippen molar-refractivity contribution in [2.45, 2.75) is 51.9 Å². The molecule has 0 unspecified atom stereocenters. The lowest BCUT2D eigenvalue weighted by molar-refractivity contribution is 0.0973. The quantitative estimate of drug-likeness (QED) is 0.462. The zero-order valence-corrected chi connectivity index (χ0v) is 12.9. The summed E-state index contributed by atoms with van der Waals surface area (Å²) in [5.41, 5.74) is 0.575. The van der Waals surface area contributed by atoms with Gasteiger partial charge in [-0.15, -0.1) is 0 Å². The third-order valence-electron chi connectivity index (χ3n) is 3.46. The summed E-state index contributed by atoms with van der Waals surface area (Å²) in [4.78, 5) is 12.3. The Labute approximate surface area is 122 Å². The molecule has 0 heterocycles. The maximum atomic E-state index is 12.3. The topological polar surface area (TPSA) is 35.5 Å². The van der Waals surface area contributed by atoms with Crippen molar-refractivity contribution in [3.05, 3.63) is 23.8 Å². The zero-order valence-electron chi connectivity index (χ0n) is 12.9. The Morgan fingerprint density at radius 2 is 1.50 bits per heavy atom. The molecular weight excluding hydrogens is 252 g/mol. The Kier molecular flexibility index (Phi) is 7.78. The lowest BCUT2D eigenvalue weighted by Gasteiger charge is -2.11. The second-order valence-electron chi connectivity index (χ2n) is 4.98. The van der Waals surface area contributed by atoms with Crippen molar-refractivity contribution in [2.24, 2.45) is 0 Å². The number of rotatable bonds is 10. The molecule has 1 aromatic carbocycles. The first-order chi connectivity index (χ1) is 9.74. The summed E-state index contributed by atoms with van der Waals surface area (Å²) in [7, 11) is 3.16. The molecule has 1 rings (SSSR count). The van der Waals surface area contributed by atoms with Gasteiger partial charge in [0.15, 0.2) is 5.78 Å². The second kappa shape index (κ2) is 9.40. The van der Waals surface area contributed by atoms with E-state index in [1.54, 1.807) is 26.4 Å². The van der Waals surface area contributed by atoms with Gasteiger partial charge in [0.05, 0.1) is 14.2 Å². The van der Waals surface area contributed by atoms with Gasteiger partial charge in [0, 0.05) is 6.42 Å². The first-order valence-corrected chi connectivity index (χ1v) is 7.48. The van der Waals surface area contributed by atoms with E-state index in [2.05, 4.69) is 6.92 Å². The van der Waals surface area contributed by atoms with Crippen molar-refractivity contribution in [3.63, 3.8) is 0 Å². The van der Waals surface area contributed by atoms with Crippen molar-refractivity contribution < 1.29 is 14.3 Å². The molecule has 0 saturated carbocycles. The van der Waals surface area contributed by atoms with Crippen LogP contribution in [0, 0.1) is 0 Å². The van der Waals surface area contributed by atoms with Crippen LogP contribution >= 0.6 is 0 Å². The van der Waals surface area contributed by atoms with Crippen molar-refractivity contribution in [2.75, 3.05) is 14.2 Å². The fourth-order valence-electron chi connectivity index (χ4n) is 2.32. The Bertz CT molecular complexity index is 390. The van der Waals surface area contributed by atoms with Gasteiger partial charge in [-0.3, -0.25) is 4.79 Å². The average Bonchev–Trinajstić information content (AvgIpc) is 2.49. The monoisotopic (exact) mass is 278 g/mol. The smallest absolute Gasteiger partial charge is 0.170 e. The molecule has 3 heteroatoms. The van der Waals surface area contributed by atoms with Crippen LogP contribution in [0.1, 0.15) is 62.2 Å². The summed E-state index contributed by atoms with van der Waals surface area (Å²) in [5, 5.41) is 0. The Hall–Kier alpha value is -1.51. The number of methoxy groups -OCH3 is 2. The first-order valence-electron chi connectivity index (χ1n) is 7.48. The second-order valence-corrected chi connectivity index (χ2v) is 4.98. The van der Waals surface area contributed by atoms with Crippen molar-refractivity contribution >= 4 is 5.78 Å². The molecule has 0 aliphatic carbocycles. The van der Waals surface area contributed by atoms with Crippen molar-refractivity contribution in [3.8, 4) is 11.5 Å². The van der Waals surface area contributed by atoms with E-state index in [0.29, 0.717) is 23.5 Å². The standard InChI is InChI=1S/C17H26O3/c1-4-5-6-7-8-9-11-14(18)17-15(19-2)12-10-13-16(17)20-3/h10,12-13H,4-9,11H2,1-3H3. The van der Waals surface area contributed by atoms with Gasteiger partial charge in [-0.1, -0.05) is 45.1 Å². The van der Waals surface area contributed by atoms with E-state index in [1.807, 2.05) is 6.07 Å². The molecule has 1 aromatic rings. The third kappa shape index (κ3) is 4.87. The van der Waals surface area contributed by atoms with E-state index in [1.165, 1.54) is 25.7 Å². The van der Waals surface area contributed by atoms with Crippen LogP contribution in [-0.4, -0.2) is 20.0 Å². The van der Waals surface area contributed by atoms with Gasteiger partial charge in [-0.05, 0) is 18.6 Å². The molecule has 0 N–H and O–H groups in total. The average molecular weight is 278 g/mol. The summed E-state index contributed by atoms with van der Waals surface area (Å²) in [6, 6.07) is 5.44. The molecule has 20 heavy (non-hydrogen) atoms. The van der Waals surface area contributed by atoms with Crippen LogP contribution in [0.2, 0.25) is 0 Å². The highest BCUT2D eigenvalue weighted by Gasteiger charge is 2.17. The molecule has 112 valence electrons.